The quantitative estimate of drug-likeness (QED) is 0.690. The Hall–Kier alpha value is -2.89. The summed E-state index contributed by atoms with van der Waals surface area (Å²) in [6, 6.07) is 5.45. The fourth-order valence-electron chi connectivity index (χ4n) is 3.74. The van der Waals surface area contributed by atoms with E-state index in [9.17, 15) is 4.79 Å². The molecule has 0 aliphatic heterocycles. The molecule has 0 saturated carbocycles. The predicted octanol–water partition coefficient (Wildman–Crippen LogP) is 4.16. The molecule has 6 heteroatoms. The number of amides is 1. The smallest absolute Gasteiger partial charge is 0.252 e. The fourth-order valence-corrected chi connectivity index (χ4v) is 3.74. The summed E-state index contributed by atoms with van der Waals surface area (Å²) in [6.45, 7) is 2.55. The number of hydrogen-bond donors (Lipinski definition) is 1. The SMILES string of the molecule is Cc1nn(C)c2nc(-c3ccco3)cc(C(=O)NCCC3=CCCCC3)c12. The van der Waals surface area contributed by atoms with Crippen molar-refractivity contribution in [1.29, 1.82) is 0 Å². The van der Waals surface area contributed by atoms with Crippen LogP contribution in [0.1, 0.15) is 48.2 Å². The van der Waals surface area contributed by atoms with Crippen molar-refractivity contribution in [3.63, 3.8) is 0 Å². The van der Waals surface area contributed by atoms with Crippen LogP contribution in [-0.2, 0) is 7.05 Å². The largest absolute Gasteiger partial charge is 0.463 e. The van der Waals surface area contributed by atoms with Crippen LogP contribution in [0.2, 0.25) is 0 Å². The zero-order chi connectivity index (χ0) is 18.8. The number of furan rings is 1. The maximum Gasteiger partial charge on any atom is 0.252 e. The van der Waals surface area contributed by atoms with Crippen LogP contribution >= 0.6 is 0 Å². The van der Waals surface area contributed by atoms with E-state index in [4.69, 9.17) is 4.42 Å². The van der Waals surface area contributed by atoms with Gasteiger partial charge in [0, 0.05) is 13.6 Å². The van der Waals surface area contributed by atoms with E-state index in [0.717, 1.165) is 30.3 Å². The van der Waals surface area contributed by atoms with Crippen molar-refractivity contribution in [2.24, 2.45) is 7.05 Å². The molecular formula is C21H24N4O2. The summed E-state index contributed by atoms with van der Waals surface area (Å²) in [5, 5.41) is 8.31. The number of aromatic nitrogens is 3. The van der Waals surface area contributed by atoms with Gasteiger partial charge in [0.1, 0.15) is 5.69 Å². The number of hydrogen-bond acceptors (Lipinski definition) is 4. The molecule has 1 aliphatic carbocycles. The minimum absolute atomic E-state index is 0.0947. The van der Waals surface area contributed by atoms with Gasteiger partial charge in [0.15, 0.2) is 11.4 Å². The summed E-state index contributed by atoms with van der Waals surface area (Å²) in [5.41, 5.74) is 4.16. The van der Waals surface area contributed by atoms with Crippen molar-refractivity contribution in [3.8, 4) is 11.5 Å². The molecule has 140 valence electrons. The molecule has 0 aromatic carbocycles. The number of pyridine rings is 1. The highest BCUT2D eigenvalue weighted by Gasteiger charge is 2.20. The van der Waals surface area contributed by atoms with E-state index in [1.807, 2.05) is 26.1 Å². The van der Waals surface area contributed by atoms with Gasteiger partial charge < -0.3 is 9.73 Å². The number of nitrogens with one attached hydrogen (secondary N) is 1. The minimum Gasteiger partial charge on any atom is -0.463 e. The average molecular weight is 364 g/mol. The van der Waals surface area contributed by atoms with Crippen LogP contribution in [0.15, 0.2) is 40.5 Å². The van der Waals surface area contributed by atoms with Gasteiger partial charge in [-0.1, -0.05) is 11.6 Å². The van der Waals surface area contributed by atoms with E-state index in [1.54, 1.807) is 17.0 Å². The molecule has 6 nitrogen and oxygen atoms in total. The first-order chi connectivity index (χ1) is 13.1. The Labute approximate surface area is 158 Å². The molecule has 0 unspecified atom stereocenters. The molecule has 0 atom stereocenters. The predicted molar refractivity (Wildman–Crippen MR) is 104 cm³/mol. The molecule has 4 rings (SSSR count). The summed E-state index contributed by atoms with van der Waals surface area (Å²) in [5.74, 6) is 0.542. The molecular weight excluding hydrogens is 340 g/mol. The van der Waals surface area contributed by atoms with Gasteiger partial charge in [0.2, 0.25) is 0 Å². The molecule has 27 heavy (non-hydrogen) atoms. The zero-order valence-electron chi connectivity index (χ0n) is 15.8. The zero-order valence-corrected chi connectivity index (χ0v) is 15.8. The molecule has 3 aromatic heterocycles. The van der Waals surface area contributed by atoms with Gasteiger partial charge in [-0.05, 0) is 57.2 Å². The molecule has 0 radical (unpaired) electrons. The lowest BCUT2D eigenvalue weighted by molar-refractivity contribution is 0.0955. The molecule has 3 heterocycles. The first-order valence-corrected chi connectivity index (χ1v) is 9.48. The van der Waals surface area contributed by atoms with Crippen molar-refractivity contribution < 1.29 is 9.21 Å². The van der Waals surface area contributed by atoms with E-state index < -0.39 is 0 Å². The summed E-state index contributed by atoms with van der Waals surface area (Å²) in [4.78, 5) is 17.6. The van der Waals surface area contributed by atoms with Gasteiger partial charge >= 0.3 is 0 Å². The van der Waals surface area contributed by atoms with Gasteiger partial charge in [0.25, 0.3) is 5.91 Å². The third-order valence-electron chi connectivity index (χ3n) is 5.10. The van der Waals surface area contributed by atoms with E-state index in [0.29, 0.717) is 29.2 Å². The third-order valence-corrected chi connectivity index (χ3v) is 5.10. The maximum absolute atomic E-state index is 13.0. The summed E-state index contributed by atoms with van der Waals surface area (Å²) >= 11 is 0. The van der Waals surface area contributed by atoms with Crippen LogP contribution in [0.4, 0.5) is 0 Å². The Kier molecular flexibility index (Phi) is 4.79. The molecule has 1 N–H and O–H groups in total. The summed E-state index contributed by atoms with van der Waals surface area (Å²) < 4.78 is 7.19. The van der Waals surface area contributed by atoms with Crippen molar-refractivity contribution >= 4 is 16.9 Å². The lowest BCUT2D eigenvalue weighted by Crippen LogP contribution is -2.25. The lowest BCUT2D eigenvalue weighted by Gasteiger charge is -2.13. The van der Waals surface area contributed by atoms with Gasteiger partial charge in [-0.25, -0.2) is 4.98 Å². The molecule has 0 fully saturated rings. The molecule has 0 spiro atoms. The van der Waals surface area contributed by atoms with Gasteiger partial charge in [-0.2, -0.15) is 5.10 Å². The topological polar surface area (TPSA) is 73.0 Å². The Morgan fingerprint density at radius 1 is 1.37 bits per heavy atom. The van der Waals surface area contributed by atoms with Crippen LogP contribution in [0.25, 0.3) is 22.5 Å². The molecule has 0 saturated heterocycles. The van der Waals surface area contributed by atoms with Crippen molar-refractivity contribution in [2.75, 3.05) is 6.54 Å². The molecule has 0 bridgehead atoms. The second kappa shape index (κ2) is 7.39. The van der Waals surface area contributed by atoms with Crippen molar-refractivity contribution in [2.45, 2.75) is 39.0 Å². The second-order valence-corrected chi connectivity index (χ2v) is 7.05. The second-order valence-electron chi connectivity index (χ2n) is 7.05. The average Bonchev–Trinajstić information content (AvgIpc) is 3.31. The number of aryl methyl sites for hydroxylation is 2. The normalized spacial score (nSPS) is 14.4. The van der Waals surface area contributed by atoms with E-state index in [2.05, 4.69) is 21.5 Å². The highest BCUT2D eigenvalue weighted by Crippen LogP contribution is 2.27. The minimum atomic E-state index is -0.0947. The number of fused-ring (bicyclic) bond motifs is 1. The number of rotatable bonds is 5. The Balaban J connectivity index is 1.62. The standard InChI is InChI=1S/C21H24N4O2/c1-14-19-16(21(26)22-11-10-15-7-4-3-5-8-15)13-17(18-9-6-12-27-18)23-20(19)25(2)24-14/h6-7,9,12-13H,3-5,8,10-11H2,1-2H3,(H,22,26). The van der Waals surface area contributed by atoms with Crippen LogP contribution in [0, 0.1) is 6.92 Å². The molecule has 1 amide bonds. The first-order valence-electron chi connectivity index (χ1n) is 9.48. The number of allylic oxidation sites excluding steroid dienone is 1. The van der Waals surface area contributed by atoms with Gasteiger partial charge in [-0.15, -0.1) is 0 Å². The van der Waals surface area contributed by atoms with Crippen molar-refractivity contribution in [3.05, 3.63) is 47.4 Å². The number of carbonyl (C=O) groups excluding carboxylic acids is 1. The Morgan fingerprint density at radius 3 is 3.00 bits per heavy atom. The van der Waals surface area contributed by atoms with Gasteiger partial charge in [-0.3, -0.25) is 9.48 Å². The van der Waals surface area contributed by atoms with Crippen LogP contribution in [-0.4, -0.2) is 27.2 Å². The summed E-state index contributed by atoms with van der Waals surface area (Å²) in [7, 11) is 1.84. The number of nitrogens with zero attached hydrogens (tertiary/aromatic N) is 3. The lowest BCUT2D eigenvalue weighted by atomic mass is 9.97. The highest BCUT2D eigenvalue weighted by molar-refractivity contribution is 6.07. The maximum atomic E-state index is 13.0. The van der Waals surface area contributed by atoms with E-state index in [-0.39, 0.29) is 5.91 Å². The van der Waals surface area contributed by atoms with Crippen LogP contribution in [0.5, 0.6) is 0 Å². The number of carbonyl (C=O) groups is 1. The monoisotopic (exact) mass is 364 g/mol. The Morgan fingerprint density at radius 2 is 2.26 bits per heavy atom. The molecule has 1 aliphatic rings. The molecule has 3 aromatic rings. The van der Waals surface area contributed by atoms with Crippen LogP contribution in [0.3, 0.4) is 0 Å². The third kappa shape index (κ3) is 3.52. The Bertz CT molecular complexity index is 999. The first kappa shape index (κ1) is 17.5. The van der Waals surface area contributed by atoms with Gasteiger partial charge in [0.05, 0.1) is 22.9 Å². The van der Waals surface area contributed by atoms with Crippen LogP contribution < -0.4 is 5.32 Å². The summed E-state index contributed by atoms with van der Waals surface area (Å²) in [6.07, 6.45) is 9.69. The van der Waals surface area contributed by atoms with E-state index >= 15 is 0 Å². The van der Waals surface area contributed by atoms with Crippen molar-refractivity contribution in [1.82, 2.24) is 20.1 Å². The fraction of sp³-hybridized carbons (Fsp3) is 0.381. The highest BCUT2D eigenvalue weighted by atomic mass is 16.3. The van der Waals surface area contributed by atoms with E-state index in [1.165, 1.54) is 18.4 Å².